The summed E-state index contributed by atoms with van der Waals surface area (Å²) in [6.45, 7) is 2.38. The van der Waals surface area contributed by atoms with Crippen molar-refractivity contribution in [2.24, 2.45) is 5.41 Å². The van der Waals surface area contributed by atoms with Crippen molar-refractivity contribution in [3.8, 4) is 0 Å². The smallest absolute Gasteiger partial charge is 0.211 e. The van der Waals surface area contributed by atoms with E-state index in [4.69, 9.17) is 10.7 Å². The Morgan fingerprint density at radius 3 is 2.30 bits per heavy atom. The van der Waals surface area contributed by atoms with Crippen LogP contribution in [0.3, 0.4) is 0 Å². The van der Waals surface area contributed by atoms with Gasteiger partial charge in [-0.2, -0.15) is 0 Å². The molecular formula is C12H16ClNO4S2. The fourth-order valence-corrected chi connectivity index (χ4v) is 4.22. The molecule has 1 aliphatic rings. The molecule has 0 unspecified atom stereocenters. The molecule has 0 radical (unpaired) electrons. The fraction of sp³-hybridized carbons (Fsp3) is 0.500. The lowest BCUT2D eigenvalue weighted by Gasteiger charge is -2.38. The average molecular weight is 338 g/mol. The number of rotatable bonds is 5. The Morgan fingerprint density at radius 2 is 1.80 bits per heavy atom. The van der Waals surface area contributed by atoms with Gasteiger partial charge in [-0.1, -0.05) is 19.4 Å². The highest BCUT2D eigenvalue weighted by Crippen LogP contribution is 2.39. The normalized spacial score (nSPS) is 18.5. The van der Waals surface area contributed by atoms with E-state index in [-0.39, 0.29) is 15.2 Å². The molecule has 1 aromatic carbocycles. The Bertz CT molecular complexity index is 709. The Labute approximate surface area is 123 Å². The Morgan fingerprint density at radius 1 is 1.20 bits per heavy atom. The van der Waals surface area contributed by atoms with Gasteiger partial charge in [0, 0.05) is 17.2 Å². The van der Waals surface area contributed by atoms with Gasteiger partial charge in [0.1, 0.15) is 0 Å². The highest BCUT2D eigenvalue weighted by atomic mass is 35.7. The molecule has 0 amide bonds. The van der Waals surface area contributed by atoms with E-state index in [9.17, 15) is 16.8 Å². The van der Waals surface area contributed by atoms with E-state index in [2.05, 4.69) is 4.72 Å². The maximum absolute atomic E-state index is 12.1. The van der Waals surface area contributed by atoms with Crippen molar-refractivity contribution in [3.05, 3.63) is 24.3 Å². The number of sulfonamides is 1. The van der Waals surface area contributed by atoms with Crippen molar-refractivity contribution in [2.75, 3.05) is 6.54 Å². The number of nitrogens with one attached hydrogen (secondary N) is 1. The minimum absolute atomic E-state index is 0.00322. The second-order valence-corrected chi connectivity index (χ2v) is 9.73. The molecule has 0 bridgehead atoms. The molecule has 0 atom stereocenters. The molecular weight excluding hydrogens is 322 g/mol. The monoisotopic (exact) mass is 337 g/mol. The van der Waals surface area contributed by atoms with Gasteiger partial charge in [-0.05, 0) is 36.5 Å². The molecule has 1 fully saturated rings. The molecule has 8 heteroatoms. The van der Waals surface area contributed by atoms with Crippen molar-refractivity contribution >= 4 is 29.8 Å². The van der Waals surface area contributed by atoms with Gasteiger partial charge in [0.2, 0.25) is 10.0 Å². The van der Waals surface area contributed by atoms with Crippen LogP contribution >= 0.6 is 10.7 Å². The standard InChI is InChI=1S/C12H16ClNO4S2/c1-12(6-3-7-12)9-14-20(17,18)11-5-2-4-10(8-11)19(13,15)16/h2,4-5,8,14H,3,6-7,9H2,1H3. The minimum atomic E-state index is -3.94. The van der Waals surface area contributed by atoms with Crippen LogP contribution in [0.2, 0.25) is 0 Å². The first-order valence-corrected chi connectivity index (χ1v) is 9.96. The summed E-state index contributed by atoms with van der Waals surface area (Å²) in [5, 5.41) is 0. The topological polar surface area (TPSA) is 80.3 Å². The number of hydrogen-bond acceptors (Lipinski definition) is 4. The molecule has 1 aromatic rings. The summed E-state index contributed by atoms with van der Waals surface area (Å²) in [5.41, 5.74) is 0.00322. The Balaban J connectivity index is 2.21. The van der Waals surface area contributed by atoms with Crippen LogP contribution < -0.4 is 4.72 Å². The van der Waals surface area contributed by atoms with Crippen LogP contribution in [-0.2, 0) is 19.1 Å². The zero-order chi connectivity index (χ0) is 15.0. The zero-order valence-corrected chi connectivity index (χ0v) is 13.4. The van der Waals surface area contributed by atoms with E-state index in [1.807, 2.05) is 6.92 Å². The molecule has 112 valence electrons. The lowest BCUT2D eigenvalue weighted by molar-refractivity contribution is 0.166. The van der Waals surface area contributed by atoms with E-state index in [0.717, 1.165) is 25.3 Å². The van der Waals surface area contributed by atoms with Crippen molar-refractivity contribution in [2.45, 2.75) is 36.0 Å². The average Bonchev–Trinajstić information content (AvgIpc) is 2.33. The van der Waals surface area contributed by atoms with E-state index >= 15 is 0 Å². The van der Waals surface area contributed by atoms with Gasteiger partial charge >= 0.3 is 0 Å². The minimum Gasteiger partial charge on any atom is -0.211 e. The van der Waals surface area contributed by atoms with Crippen LogP contribution in [0.1, 0.15) is 26.2 Å². The summed E-state index contributed by atoms with van der Waals surface area (Å²) in [6.07, 6.45) is 3.09. The highest BCUT2D eigenvalue weighted by molar-refractivity contribution is 8.13. The van der Waals surface area contributed by atoms with Crippen LogP contribution in [0.5, 0.6) is 0 Å². The zero-order valence-electron chi connectivity index (χ0n) is 11.0. The second kappa shape index (κ2) is 5.29. The summed E-state index contributed by atoms with van der Waals surface area (Å²) in [5.74, 6) is 0. The van der Waals surface area contributed by atoms with Crippen LogP contribution in [0.4, 0.5) is 0 Å². The van der Waals surface area contributed by atoms with Crippen LogP contribution in [-0.4, -0.2) is 23.4 Å². The van der Waals surface area contributed by atoms with E-state index in [0.29, 0.717) is 6.54 Å². The third-order valence-electron chi connectivity index (χ3n) is 3.65. The van der Waals surface area contributed by atoms with Crippen molar-refractivity contribution in [1.29, 1.82) is 0 Å². The third-order valence-corrected chi connectivity index (χ3v) is 6.40. The first kappa shape index (κ1) is 15.8. The van der Waals surface area contributed by atoms with Crippen LogP contribution in [0, 0.1) is 5.41 Å². The van der Waals surface area contributed by atoms with Gasteiger partial charge in [0.25, 0.3) is 9.05 Å². The van der Waals surface area contributed by atoms with Crippen LogP contribution in [0.15, 0.2) is 34.1 Å². The first-order valence-electron chi connectivity index (χ1n) is 6.17. The van der Waals surface area contributed by atoms with Crippen molar-refractivity contribution in [1.82, 2.24) is 4.72 Å². The second-order valence-electron chi connectivity index (χ2n) is 5.40. The first-order chi connectivity index (χ1) is 9.12. The molecule has 0 heterocycles. The van der Waals surface area contributed by atoms with Gasteiger partial charge in [-0.3, -0.25) is 0 Å². The van der Waals surface area contributed by atoms with Gasteiger partial charge < -0.3 is 0 Å². The molecule has 1 aliphatic carbocycles. The summed E-state index contributed by atoms with van der Waals surface area (Å²) in [4.78, 5) is -0.320. The van der Waals surface area contributed by atoms with Crippen LogP contribution in [0.25, 0.3) is 0 Å². The van der Waals surface area contributed by atoms with E-state index < -0.39 is 19.1 Å². The van der Waals surface area contributed by atoms with Gasteiger partial charge in [-0.15, -0.1) is 0 Å². The summed E-state index contributed by atoms with van der Waals surface area (Å²) in [6, 6.07) is 5.02. The summed E-state index contributed by atoms with van der Waals surface area (Å²) >= 11 is 0. The van der Waals surface area contributed by atoms with E-state index in [1.54, 1.807) is 0 Å². The maximum Gasteiger partial charge on any atom is 0.261 e. The molecule has 1 saturated carbocycles. The predicted molar refractivity (Wildman–Crippen MR) is 76.6 cm³/mol. The quantitative estimate of drug-likeness (QED) is 0.834. The molecule has 5 nitrogen and oxygen atoms in total. The number of hydrogen-bond donors (Lipinski definition) is 1. The molecule has 0 saturated heterocycles. The summed E-state index contributed by atoms with van der Waals surface area (Å²) in [7, 11) is -2.45. The predicted octanol–water partition coefficient (Wildman–Crippen LogP) is 2.08. The van der Waals surface area contributed by atoms with Crippen molar-refractivity contribution < 1.29 is 16.8 Å². The highest BCUT2D eigenvalue weighted by Gasteiger charge is 2.33. The lowest BCUT2D eigenvalue weighted by atomic mass is 9.71. The van der Waals surface area contributed by atoms with Gasteiger partial charge in [0.05, 0.1) is 9.79 Å². The Kier molecular flexibility index (Phi) is 4.17. The molecule has 20 heavy (non-hydrogen) atoms. The molecule has 0 aliphatic heterocycles. The lowest BCUT2D eigenvalue weighted by Crippen LogP contribution is -2.39. The summed E-state index contributed by atoms with van der Waals surface area (Å²) < 4.78 is 49.3. The van der Waals surface area contributed by atoms with Gasteiger partial charge in [-0.25, -0.2) is 21.6 Å². The molecule has 0 aromatic heterocycles. The fourth-order valence-electron chi connectivity index (χ4n) is 2.10. The van der Waals surface area contributed by atoms with Crippen molar-refractivity contribution in [3.63, 3.8) is 0 Å². The van der Waals surface area contributed by atoms with Gasteiger partial charge in [0.15, 0.2) is 0 Å². The van der Waals surface area contributed by atoms with E-state index in [1.165, 1.54) is 18.2 Å². The largest absolute Gasteiger partial charge is 0.261 e. The maximum atomic E-state index is 12.1. The number of benzene rings is 1. The SMILES string of the molecule is CC1(CNS(=O)(=O)c2cccc(S(=O)(=O)Cl)c2)CCC1. The molecule has 2 rings (SSSR count). The third kappa shape index (κ3) is 3.52. The molecule has 0 spiro atoms. The Hall–Kier alpha value is -0.630. The molecule has 1 N–H and O–H groups in total. The number of halogens is 1.